The normalized spacial score (nSPS) is 10.9. The van der Waals surface area contributed by atoms with Gasteiger partial charge in [0.05, 0.1) is 0 Å². The van der Waals surface area contributed by atoms with Crippen LogP contribution in [0, 0.1) is 5.82 Å². The highest BCUT2D eigenvalue weighted by atomic mass is 19.1. The molecule has 0 amide bonds. The first-order valence-electron chi connectivity index (χ1n) is 6.72. The van der Waals surface area contributed by atoms with Crippen LogP contribution in [0.15, 0.2) is 48.5 Å². The summed E-state index contributed by atoms with van der Waals surface area (Å²) < 4.78 is 13.4. The van der Waals surface area contributed by atoms with E-state index in [1.807, 2.05) is 30.3 Å². The molecule has 0 bridgehead atoms. The average Bonchev–Trinajstić information content (AvgIpc) is 2.83. The van der Waals surface area contributed by atoms with Gasteiger partial charge in [0.25, 0.3) is 0 Å². The molecular formula is C17H14FNO2. The highest BCUT2D eigenvalue weighted by Gasteiger charge is 2.14. The highest BCUT2D eigenvalue weighted by molar-refractivity contribution is 5.91. The number of nitrogens with one attached hydrogen (secondary N) is 1. The number of rotatable bonds is 4. The fourth-order valence-electron chi connectivity index (χ4n) is 2.57. The number of hydrogen-bond donors (Lipinski definition) is 2. The van der Waals surface area contributed by atoms with Crippen molar-refractivity contribution in [3.8, 4) is 11.3 Å². The largest absolute Gasteiger partial charge is 0.481 e. The van der Waals surface area contributed by atoms with E-state index in [-0.39, 0.29) is 12.2 Å². The Kier molecular flexibility index (Phi) is 3.44. The van der Waals surface area contributed by atoms with Crippen LogP contribution in [0.25, 0.3) is 22.2 Å². The summed E-state index contributed by atoms with van der Waals surface area (Å²) in [6.07, 6.45) is 0.454. The number of carboxylic acids is 1. The number of fused-ring (bicyclic) bond motifs is 1. The molecule has 0 aliphatic heterocycles. The van der Waals surface area contributed by atoms with E-state index in [0.717, 1.165) is 22.2 Å². The molecule has 0 atom stereocenters. The predicted octanol–water partition coefficient (Wildman–Crippen LogP) is 3.99. The minimum atomic E-state index is -0.842. The van der Waals surface area contributed by atoms with Crippen molar-refractivity contribution in [1.82, 2.24) is 4.98 Å². The average molecular weight is 283 g/mol. The Labute approximate surface area is 121 Å². The first-order valence-corrected chi connectivity index (χ1v) is 6.72. The molecule has 1 aromatic heterocycles. The fourth-order valence-corrected chi connectivity index (χ4v) is 2.57. The van der Waals surface area contributed by atoms with Gasteiger partial charge in [0.15, 0.2) is 0 Å². The molecule has 3 aromatic rings. The summed E-state index contributed by atoms with van der Waals surface area (Å²) in [5, 5.41) is 9.79. The van der Waals surface area contributed by atoms with Gasteiger partial charge in [0.2, 0.25) is 0 Å². The quantitative estimate of drug-likeness (QED) is 0.760. The third-order valence-electron chi connectivity index (χ3n) is 3.52. The van der Waals surface area contributed by atoms with E-state index >= 15 is 0 Å². The second-order valence-electron chi connectivity index (χ2n) is 4.93. The van der Waals surface area contributed by atoms with Crippen LogP contribution in [0.3, 0.4) is 0 Å². The van der Waals surface area contributed by atoms with Crippen LogP contribution >= 0.6 is 0 Å². The van der Waals surface area contributed by atoms with Gasteiger partial charge in [-0.05, 0) is 35.7 Å². The molecule has 0 aliphatic rings. The number of aliphatic carboxylic acids is 1. The van der Waals surface area contributed by atoms with Gasteiger partial charge in [-0.25, -0.2) is 4.39 Å². The number of H-pyrrole nitrogens is 1. The van der Waals surface area contributed by atoms with Crippen molar-refractivity contribution < 1.29 is 14.3 Å². The lowest BCUT2D eigenvalue weighted by atomic mass is 10.0. The summed E-state index contributed by atoms with van der Waals surface area (Å²) in [5.74, 6) is -1.15. The van der Waals surface area contributed by atoms with Crippen molar-refractivity contribution in [2.24, 2.45) is 0 Å². The van der Waals surface area contributed by atoms with Crippen molar-refractivity contribution in [3.63, 3.8) is 0 Å². The van der Waals surface area contributed by atoms with Gasteiger partial charge < -0.3 is 10.1 Å². The summed E-state index contributed by atoms with van der Waals surface area (Å²) in [5.41, 5.74) is 3.43. The molecule has 0 fully saturated rings. The minimum absolute atomic E-state index is 0.0458. The van der Waals surface area contributed by atoms with Crippen LogP contribution in [-0.2, 0) is 11.2 Å². The van der Waals surface area contributed by atoms with Crippen molar-refractivity contribution in [3.05, 3.63) is 59.9 Å². The molecule has 0 aliphatic carbocycles. The number of carbonyl (C=O) groups is 1. The standard InChI is InChI=1S/C17H14FNO2/c18-12-6-7-13-14(8-9-16(20)21)17(19-15(13)10-12)11-4-2-1-3-5-11/h1-7,10,19H,8-9H2,(H,20,21). The maximum atomic E-state index is 13.4. The molecular weight excluding hydrogens is 269 g/mol. The molecule has 3 nitrogen and oxygen atoms in total. The number of aromatic amines is 1. The second kappa shape index (κ2) is 5.40. The lowest BCUT2D eigenvalue weighted by molar-refractivity contribution is -0.136. The number of benzene rings is 2. The lowest BCUT2D eigenvalue weighted by Crippen LogP contribution is -1.98. The van der Waals surface area contributed by atoms with E-state index in [0.29, 0.717) is 11.9 Å². The van der Waals surface area contributed by atoms with Crippen molar-refractivity contribution in [2.45, 2.75) is 12.8 Å². The van der Waals surface area contributed by atoms with Gasteiger partial charge >= 0.3 is 5.97 Å². The molecule has 1 heterocycles. The molecule has 0 radical (unpaired) electrons. The monoisotopic (exact) mass is 283 g/mol. The number of aryl methyl sites for hydroxylation is 1. The third kappa shape index (κ3) is 2.65. The number of aromatic nitrogens is 1. The van der Waals surface area contributed by atoms with E-state index < -0.39 is 5.97 Å². The second-order valence-corrected chi connectivity index (χ2v) is 4.93. The Morgan fingerprint density at radius 3 is 2.62 bits per heavy atom. The Balaban J connectivity index is 2.17. The summed E-state index contributed by atoms with van der Waals surface area (Å²) in [6.45, 7) is 0. The van der Waals surface area contributed by atoms with E-state index in [2.05, 4.69) is 4.98 Å². The van der Waals surface area contributed by atoms with Gasteiger partial charge in [-0.3, -0.25) is 4.79 Å². The fraction of sp³-hybridized carbons (Fsp3) is 0.118. The molecule has 21 heavy (non-hydrogen) atoms. The molecule has 0 unspecified atom stereocenters. The Morgan fingerprint density at radius 2 is 1.90 bits per heavy atom. The predicted molar refractivity (Wildman–Crippen MR) is 79.6 cm³/mol. The molecule has 2 N–H and O–H groups in total. The van der Waals surface area contributed by atoms with Gasteiger partial charge in [0.1, 0.15) is 5.82 Å². The van der Waals surface area contributed by atoms with Gasteiger partial charge in [-0.1, -0.05) is 30.3 Å². The number of carboxylic acid groups (broad SMARTS) is 1. The van der Waals surface area contributed by atoms with Crippen molar-refractivity contribution >= 4 is 16.9 Å². The molecule has 0 spiro atoms. The highest BCUT2D eigenvalue weighted by Crippen LogP contribution is 2.31. The smallest absolute Gasteiger partial charge is 0.303 e. The molecule has 106 valence electrons. The molecule has 0 saturated heterocycles. The Hall–Kier alpha value is -2.62. The summed E-state index contributed by atoms with van der Waals surface area (Å²) in [6, 6.07) is 14.2. The van der Waals surface area contributed by atoms with Crippen LogP contribution in [-0.4, -0.2) is 16.1 Å². The summed E-state index contributed by atoms with van der Waals surface area (Å²) in [4.78, 5) is 14.1. The van der Waals surface area contributed by atoms with Crippen LogP contribution < -0.4 is 0 Å². The zero-order valence-corrected chi connectivity index (χ0v) is 11.3. The van der Waals surface area contributed by atoms with Crippen LogP contribution in [0.5, 0.6) is 0 Å². The molecule has 4 heteroatoms. The minimum Gasteiger partial charge on any atom is -0.481 e. The van der Waals surface area contributed by atoms with E-state index in [1.54, 1.807) is 6.07 Å². The maximum Gasteiger partial charge on any atom is 0.303 e. The zero-order chi connectivity index (χ0) is 14.8. The maximum absolute atomic E-state index is 13.4. The summed E-state index contributed by atoms with van der Waals surface area (Å²) >= 11 is 0. The van der Waals surface area contributed by atoms with Crippen molar-refractivity contribution in [2.75, 3.05) is 0 Å². The van der Waals surface area contributed by atoms with E-state index in [1.165, 1.54) is 12.1 Å². The van der Waals surface area contributed by atoms with E-state index in [4.69, 9.17) is 5.11 Å². The summed E-state index contributed by atoms with van der Waals surface area (Å²) in [7, 11) is 0. The number of hydrogen-bond acceptors (Lipinski definition) is 1. The lowest BCUT2D eigenvalue weighted by Gasteiger charge is -2.03. The Bertz CT molecular complexity index is 793. The third-order valence-corrected chi connectivity index (χ3v) is 3.52. The van der Waals surface area contributed by atoms with Crippen LogP contribution in [0.4, 0.5) is 4.39 Å². The van der Waals surface area contributed by atoms with E-state index in [9.17, 15) is 9.18 Å². The van der Waals surface area contributed by atoms with Gasteiger partial charge in [-0.15, -0.1) is 0 Å². The van der Waals surface area contributed by atoms with Gasteiger partial charge in [0, 0.05) is 23.0 Å². The van der Waals surface area contributed by atoms with Crippen LogP contribution in [0.2, 0.25) is 0 Å². The van der Waals surface area contributed by atoms with Gasteiger partial charge in [-0.2, -0.15) is 0 Å². The topological polar surface area (TPSA) is 53.1 Å². The molecule has 0 saturated carbocycles. The van der Waals surface area contributed by atoms with Crippen LogP contribution in [0.1, 0.15) is 12.0 Å². The SMILES string of the molecule is O=C(O)CCc1c(-c2ccccc2)[nH]c2cc(F)ccc12. The zero-order valence-electron chi connectivity index (χ0n) is 11.3. The molecule has 3 rings (SSSR count). The van der Waals surface area contributed by atoms with Crippen molar-refractivity contribution in [1.29, 1.82) is 0 Å². The first kappa shape index (κ1) is 13.4. The Morgan fingerprint density at radius 1 is 1.14 bits per heavy atom. The first-order chi connectivity index (χ1) is 10.1. The number of halogens is 1. The molecule has 2 aromatic carbocycles.